The third-order valence-corrected chi connectivity index (χ3v) is 5.86. The maximum atomic E-state index is 12.7. The number of nitrogens with one attached hydrogen (secondary N) is 1. The van der Waals surface area contributed by atoms with Gasteiger partial charge in [-0.15, -0.1) is 0 Å². The number of nitrogens with zero attached hydrogens (tertiary/aromatic N) is 1. The number of hydrogen-bond donors (Lipinski definition) is 2. The fourth-order valence-corrected chi connectivity index (χ4v) is 3.94. The number of carbonyl (C=O) groups excluding carboxylic acids is 2. The van der Waals surface area contributed by atoms with Crippen LogP contribution in [-0.4, -0.2) is 57.1 Å². The molecule has 2 aromatic carbocycles. The second-order valence-electron chi connectivity index (χ2n) is 6.77. The van der Waals surface area contributed by atoms with Crippen LogP contribution in [0.5, 0.6) is 5.75 Å². The van der Waals surface area contributed by atoms with Crippen LogP contribution in [0.25, 0.3) is 0 Å². The van der Waals surface area contributed by atoms with Crippen molar-refractivity contribution in [2.75, 3.05) is 32.1 Å². The zero-order chi connectivity index (χ0) is 22.6. The molecule has 2 N–H and O–H groups in total. The van der Waals surface area contributed by atoms with Gasteiger partial charge in [0.25, 0.3) is 5.91 Å². The second kappa shape index (κ2) is 9.19. The molecule has 164 valence electrons. The number of aliphatic hydroxyl groups excluding tert-OH is 1. The number of carbonyl (C=O) groups is 2. The Morgan fingerprint density at radius 2 is 1.84 bits per heavy atom. The zero-order valence-corrected chi connectivity index (χ0v) is 17.8. The number of aryl methyl sites for hydroxylation is 1. The molecule has 0 spiro atoms. The van der Waals surface area contributed by atoms with E-state index in [2.05, 4.69) is 5.32 Å². The van der Waals surface area contributed by atoms with Gasteiger partial charge in [-0.1, -0.05) is 29.8 Å². The van der Waals surface area contributed by atoms with E-state index in [1.807, 2.05) is 6.92 Å². The summed E-state index contributed by atoms with van der Waals surface area (Å²) in [5.74, 6) is -1.28. The topological polar surface area (TPSA) is 122 Å². The molecule has 9 nitrogen and oxygen atoms in total. The number of amides is 1. The number of aliphatic hydroxyl groups is 1. The van der Waals surface area contributed by atoms with Gasteiger partial charge in [-0.05, 0) is 31.2 Å². The summed E-state index contributed by atoms with van der Waals surface area (Å²) in [4.78, 5) is 26.1. The Labute approximate surface area is 180 Å². The van der Waals surface area contributed by atoms with Crippen molar-refractivity contribution in [1.82, 2.24) is 4.90 Å². The molecule has 0 saturated heterocycles. The van der Waals surface area contributed by atoms with E-state index in [1.54, 1.807) is 24.3 Å². The maximum Gasteiger partial charge on any atom is 0.339 e. The van der Waals surface area contributed by atoms with E-state index < -0.39 is 22.0 Å². The van der Waals surface area contributed by atoms with Gasteiger partial charge in [-0.2, -0.15) is 8.42 Å². The number of esters is 1. The van der Waals surface area contributed by atoms with Crippen molar-refractivity contribution >= 4 is 27.7 Å². The Balaban J connectivity index is 1.93. The molecule has 0 bridgehead atoms. The number of benzene rings is 2. The molecule has 1 aliphatic rings. The predicted octanol–water partition coefficient (Wildman–Crippen LogP) is 1.44. The van der Waals surface area contributed by atoms with E-state index in [0.717, 1.165) is 5.56 Å². The lowest BCUT2D eigenvalue weighted by molar-refractivity contribution is -0.136. The molecule has 0 atom stereocenters. The lowest BCUT2D eigenvalue weighted by atomic mass is 10.2. The van der Waals surface area contributed by atoms with E-state index >= 15 is 0 Å². The van der Waals surface area contributed by atoms with Crippen LogP contribution in [0.3, 0.4) is 0 Å². The van der Waals surface area contributed by atoms with Gasteiger partial charge < -0.3 is 24.2 Å². The monoisotopic (exact) mass is 446 g/mol. The molecule has 2 aromatic rings. The molecule has 0 aromatic heterocycles. The highest BCUT2D eigenvalue weighted by atomic mass is 32.2. The summed E-state index contributed by atoms with van der Waals surface area (Å²) >= 11 is 0. The van der Waals surface area contributed by atoms with E-state index in [4.69, 9.17) is 14.0 Å². The molecule has 0 fully saturated rings. The van der Waals surface area contributed by atoms with Crippen LogP contribution in [-0.2, 0) is 24.4 Å². The lowest BCUT2D eigenvalue weighted by Gasteiger charge is -2.16. The molecule has 0 unspecified atom stereocenters. The number of rotatable bonds is 8. The Kier molecular flexibility index (Phi) is 6.62. The molecule has 0 radical (unpaired) electrons. The van der Waals surface area contributed by atoms with E-state index in [9.17, 15) is 18.0 Å². The summed E-state index contributed by atoms with van der Waals surface area (Å²) in [7, 11) is -2.94. The SMILES string of the molecule is COC(=O)C1=C(Nc2ccccc2OS(=O)(=O)c2ccc(C)cc2)C(=O)N(CCO)C1. The number of β-amino-alcohol motifs (C(OH)–C–C–N with tert-alkyl or cyclic N) is 1. The number of anilines is 1. The van der Waals surface area contributed by atoms with Crippen molar-refractivity contribution in [3.05, 3.63) is 65.4 Å². The highest BCUT2D eigenvalue weighted by molar-refractivity contribution is 7.87. The van der Waals surface area contributed by atoms with Gasteiger partial charge in [0.1, 0.15) is 10.6 Å². The van der Waals surface area contributed by atoms with Gasteiger partial charge in [-0.3, -0.25) is 4.79 Å². The molecule has 0 aliphatic carbocycles. The van der Waals surface area contributed by atoms with Crippen LogP contribution in [0.15, 0.2) is 64.7 Å². The highest BCUT2D eigenvalue weighted by Crippen LogP contribution is 2.31. The summed E-state index contributed by atoms with van der Waals surface area (Å²) in [5.41, 5.74) is 1.07. The van der Waals surface area contributed by atoms with Crippen molar-refractivity contribution < 1.29 is 32.0 Å². The molecule has 31 heavy (non-hydrogen) atoms. The van der Waals surface area contributed by atoms with Crippen molar-refractivity contribution in [2.24, 2.45) is 0 Å². The smallest absolute Gasteiger partial charge is 0.339 e. The highest BCUT2D eigenvalue weighted by Gasteiger charge is 2.35. The van der Waals surface area contributed by atoms with E-state index in [1.165, 1.54) is 36.3 Å². The Morgan fingerprint density at radius 3 is 2.48 bits per heavy atom. The Bertz CT molecular complexity index is 1120. The molecule has 3 rings (SSSR count). The summed E-state index contributed by atoms with van der Waals surface area (Å²) in [6.07, 6.45) is 0. The van der Waals surface area contributed by atoms with Crippen LogP contribution in [0.2, 0.25) is 0 Å². The average molecular weight is 446 g/mol. The normalized spacial score (nSPS) is 14.0. The fraction of sp³-hybridized carbons (Fsp3) is 0.238. The summed E-state index contributed by atoms with van der Waals surface area (Å²) in [6, 6.07) is 12.3. The molecule has 1 heterocycles. The Hall–Kier alpha value is -3.37. The third kappa shape index (κ3) is 4.86. The van der Waals surface area contributed by atoms with Crippen LogP contribution in [0, 0.1) is 6.92 Å². The van der Waals surface area contributed by atoms with Crippen LogP contribution in [0.4, 0.5) is 5.69 Å². The first-order valence-electron chi connectivity index (χ1n) is 9.35. The zero-order valence-electron chi connectivity index (χ0n) is 17.0. The first-order chi connectivity index (χ1) is 14.8. The summed E-state index contributed by atoms with van der Waals surface area (Å²) < 4.78 is 35.4. The van der Waals surface area contributed by atoms with E-state index in [-0.39, 0.29) is 47.3 Å². The maximum absolute atomic E-state index is 12.7. The summed E-state index contributed by atoms with van der Waals surface area (Å²) in [6.45, 7) is 1.55. The number of hydrogen-bond acceptors (Lipinski definition) is 8. The van der Waals surface area contributed by atoms with Gasteiger partial charge in [-0.25, -0.2) is 4.79 Å². The number of ether oxygens (including phenoxy) is 1. The molecule has 10 heteroatoms. The number of methoxy groups -OCH3 is 1. The molecule has 0 saturated carbocycles. The lowest BCUT2D eigenvalue weighted by Crippen LogP contribution is -2.31. The molecular weight excluding hydrogens is 424 g/mol. The van der Waals surface area contributed by atoms with Crippen LogP contribution in [0.1, 0.15) is 5.56 Å². The van der Waals surface area contributed by atoms with Crippen molar-refractivity contribution in [3.8, 4) is 5.75 Å². The standard InChI is InChI=1S/C21H22N2O7S/c1-14-7-9-15(10-8-14)31(27,28)30-18-6-4-3-5-17(18)22-19-16(21(26)29-2)13-23(11-12-24)20(19)25/h3-10,22,24H,11-13H2,1-2H3. The minimum atomic E-state index is -4.13. The quantitative estimate of drug-likeness (QED) is 0.461. The van der Waals surface area contributed by atoms with Gasteiger partial charge >= 0.3 is 16.1 Å². The molecule has 1 aliphatic heterocycles. The second-order valence-corrected chi connectivity index (χ2v) is 8.31. The van der Waals surface area contributed by atoms with Gasteiger partial charge in [0.05, 0.1) is 31.5 Å². The van der Waals surface area contributed by atoms with Crippen LogP contribution >= 0.6 is 0 Å². The third-order valence-electron chi connectivity index (χ3n) is 4.61. The van der Waals surface area contributed by atoms with E-state index in [0.29, 0.717) is 0 Å². The van der Waals surface area contributed by atoms with Crippen molar-refractivity contribution in [2.45, 2.75) is 11.8 Å². The largest absolute Gasteiger partial charge is 0.466 e. The first-order valence-corrected chi connectivity index (χ1v) is 10.8. The van der Waals surface area contributed by atoms with Gasteiger partial charge in [0.2, 0.25) is 0 Å². The first kappa shape index (κ1) is 22.3. The number of para-hydroxylation sites is 2. The minimum Gasteiger partial charge on any atom is -0.466 e. The predicted molar refractivity (Wildman–Crippen MR) is 112 cm³/mol. The Morgan fingerprint density at radius 1 is 1.16 bits per heavy atom. The van der Waals surface area contributed by atoms with Gasteiger partial charge in [0.15, 0.2) is 5.75 Å². The fourth-order valence-electron chi connectivity index (χ4n) is 3.00. The minimum absolute atomic E-state index is 0.0200. The summed E-state index contributed by atoms with van der Waals surface area (Å²) in [5, 5.41) is 12.0. The molecule has 1 amide bonds. The van der Waals surface area contributed by atoms with Gasteiger partial charge in [0, 0.05) is 6.54 Å². The van der Waals surface area contributed by atoms with Crippen molar-refractivity contribution in [3.63, 3.8) is 0 Å². The van der Waals surface area contributed by atoms with Crippen LogP contribution < -0.4 is 9.50 Å². The average Bonchev–Trinajstić information content (AvgIpc) is 3.05. The molecular formula is C21H22N2O7S. The van der Waals surface area contributed by atoms with Crippen molar-refractivity contribution in [1.29, 1.82) is 0 Å².